The van der Waals surface area contributed by atoms with Crippen LogP contribution >= 0.6 is 11.8 Å². The van der Waals surface area contributed by atoms with Gasteiger partial charge >= 0.3 is 5.97 Å². The van der Waals surface area contributed by atoms with Crippen LogP contribution in [0.1, 0.15) is 122 Å². The van der Waals surface area contributed by atoms with Crippen molar-refractivity contribution in [2.24, 2.45) is 0 Å². The van der Waals surface area contributed by atoms with E-state index < -0.39 is 0 Å². The van der Waals surface area contributed by atoms with Crippen LogP contribution in [0.15, 0.2) is 30.3 Å². The van der Waals surface area contributed by atoms with Crippen molar-refractivity contribution in [2.45, 2.75) is 122 Å². The van der Waals surface area contributed by atoms with E-state index in [1.165, 1.54) is 102 Å². The number of ether oxygens (including phenoxy) is 1. The first-order chi connectivity index (χ1) is 15.3. The molecular weight excluding hydrogens is 400 g/mol. The van der Waals surface area contributed by atoms with Gasteiger partial charge in [-0.1, -0.05) is 134 Å². The zero-order chi connectivity index (χ0) is 22.2. The minimum atomic E-state index is -0.0403. The van der Waals surface area contributed by atoms with Crippen molar-refractivity contribution in [2.75, 3.05) is 12.4 Å². The normalized spacial score (nSPS) is 11.0. The lowest BCUT2D eigenvalue weighted by atomic mass is 10.0. The smallest absolute Gasteiger partial charge is 0.306 e. The standard InChI is InChI=1S/C28H48O2S/c1-2-3-4-5-6-7-8-9-10-11-12-13-14-15-16-20-24-30-28(29)23-25-31-26-27-21-18-17-19-22-27/h17-19,21-22H,2-16,20,23-26H2,1H3. The van der Waals surface area contributed by atoms with Gasteiger partial charge in [0, 0.05) is 11.5 Å². The number of benzene rings is 1. The first kappa shape index (κ1) is 28.1. The number of esters is 1. The van der Waals surface area contributed by atoms with E-state index in [1.54, 1.807) is 11.8 Å². The Bertz CT molecular complexity index is 503. The van der Waals surface area contributed by atoms with Gasteiger partial charge in [0.05, 0.1) is 13.0 Å². The maximum absolute atomic E-state index is 11.8. The molecule has 0 aliphatic carbocycles. The van der Waals surface area contributed by atoms with Crippen LogP contribution in [0.5, 0.6) is 0 Å². The molecule has 0 amide bonds. The predicted molar refractivity (Wildman–Crippen MR) is 138 cm³/mol. The number of carbonyl (C=O) groups is 1. The summed E-state index contributed by atoms with van der Waals surface area (Å²) in [7, 11) is 0. The van der Waals surface area contributed by atoms with Gasteiger partial charge in [-0.2, -0.15) is 11.8 Å². The fraction of sp³-hybridized carbons (Fsp3) is 0.750. The van der Waals surface area contributed by atoms with Crippen molar-refractivity contribution in [3.8, 4) is 0 Å². The molecule has 0 saturated heterocycles. The summed E-state index contributed by atoms with van der Waals surface area (Å²) in [6.45, 7) is 2.88. The summed E-state index contributed by atoms with van der Waals surface area (Å²) in [5.74, 6) is 1.77. The summed E-state index contributed by atoms with van der Waals surface area (Å²) in [6, 6.07) is 10.4. The summed E-state index contributed by atoms with van der Waals surface area (Å²) in [6.07, 6.45) is 22.4. The topological polar surface area (TPSA) is 26.3 Å². The summed E-state index contributed by atoms with van der Waals surface area (Å²) in [5, 5.41) is 0. The quantitative estimate of drug-likeness (QED) is 0.131. The van der Waals surface area contributed by atoms with Crippen LogP contribution in [0.4, 0.5) is 0 Å². The highest BCUT2D eigenvalue weighted by Gasteiger charge is 2.03. The first-order valence-corrected chi connectivity index (χ1v) is 14.3. The van der Waals surface area contributed by atoms with E-state index in [1.807, 2.05) is 6.07 Å². The fourth-order valence-electron chi connectivity index (χ4n) is 3.83. The van der Waals surface area contributed by atoms with Crippen molar-refractivity contribution >= 4 is 17.7 Å². The monoisotopic (exact) mass is 448 g/mol. The van der Waals surface area contributed by atoms with E-state index in [-0.39, 0.29) is 5.97 Å². The number of unbranched alkanes of at least 4 members (excludes halogenated alkanes) is 15. The highest BCUT2D eigenvalue weighted by Crippen LogP contribution is 2.14. The van der Waals surface area contributed by atoms with E-state index in [9.17, 15) is 4.79 Å². The number of thioether (sulfide) groups is 1. The molecule has 0 bridgehead atoms. The SMILES string of the molecule is CCCCCCCCCCCCCCCCCCOC(=O)CCSCc1ccccc1. The zero-order valence-electron chi connectivity index (χ0n) is 20.3. The van der Waals surface area contributed by atoms with Gasteiger partial charge in [0.2, 0.25) is 0 Å². The molecule has 0 heterocycles. The van der Waals surface area contributed by atoms with E-state index >= 15 is 0 Å². The number of hydrogen-bond donors (Lipinski definition) is 0. The Balaban J connectivity index is 1.73. The lowest BCUT2D eigenvalue weighted by Gasteiger charge is -2.06. The minimum absolute atomic E-state index is 0.0403. The Morgan fingerprint density at radius 2 is 1.19 bits per heavy atom. The molecule has 1 aromatic rings. The Morgan fingerprint density at radius 1 is 0.710 bits per heavy atom. The highest BCUT2D eigenvalue weighted by atomic mass is 32.2. The van der Waals surface area contributed by atoms with Crippen LogP contribution < -0.4 is 0 Å². The molecule has 0 aliphatic heterocycles. The van der Waals surface area contributed by atoms with Gasteiger partial charge in [0.1, 0.15) is 0 Å². The average molecular weight is 449 g/mol. The van der Waals surface area contributed by atoms with Crippen LogP contribution in [0.25, 0.3) is 0 Å². The van der Waals surface area contributed by atoms with Crippen molar-refractivity contribution in [3.05, 3.63) is 35.9 Å². The molecule has 1 aromatic carbocycles. The minimum Gasteiger partial charge on any atom is -0.466 e. The van der Waals surface area contributed by atoms with Gasteiger partial charge in [-0.05, 0) is 12.0 Å². The summed E-state index contributed by atoms with van der Waals surface area (Å²) in [4.78, 5) is 11.8. The Labute approximate surface area is 197 Å². The van der Waals surface area contributed by atoms with Crippen molar-refractivity contribution in [1.29, 1.82) is 0 Å². The van der Waals surface area contributed by atoms with Crippen LogP contribution in [-0.2, 0) is 15.3 Å². The molecule has 2 nitrogen and oxygen atoms in total. The molecule has 0 fully saturated rings. The largest absolute Gasteiger partial charge is 0.466 e. The van der Waals surface area contributed by atoms with Gasteiger partial charge in [0.15, 0.2) is 0 Å². The molecule has 1 rings (SSSR count). The van der Waals surface area contributed by atoms with Gasteiger partial charge < -0.3 is 4.74 Å². The van der Waals surface area contributed by atoms with Crippen LogP contribution in [0.3, 0.4) is 0 Å². The lowest BCUT2D eigenvalue weighted by molar-refractivity contribution is -0.143. The van der Waals surface area contributed by atoms with Gasteiger partial charge in [-0.25, -0.2) is 0 Å². The molecule has 31 heavy (non-hydrogen) atoms. The van der Waals surface area contributed by atoms with Gasteiger partial charge in [-0.3, -0.25) is 4.79 Å². The third kappa shape index (κ3) is 19.5. The maximum Gasteiger partial charge on any atom is 0.306 e. The second kappa shape index (κ2) is 22.2. The summed E-state index contributed by atoms with van der Waals surface area (Å²) in [5.41, 5.74) is 1.31. The van der Waals surface area contributed by atoms with Crippen molar-refractivity contribution in [1.82, 2.24) is 0 Å². The summed E-state index contributed by atoms with van der Waals surface area (Å²) >= 11 is 1.80. The number of carbonyl (C=O) groups excluding carboxylic acids is 1. The molecular formula is C28H48O2S. The maximum atomic E-state index is 11.8. The molecule has 0 radical (unpaired) electrons. The molecule has 0 unspecified atom stereocenters. The van der Waals surface area contributed by atoms with E-state index in [4.69, 9.17) is 4.74 Å². The first-order valence-electron chi connectivity index (χ1n) is 13.1. The third-order valence-electron chi connectivity index (χ3n) is 5.82. The van der Waals surface area contributed by atoms with Crippen LogP contribution in [0.2, 0.25) is 0 Å². The molecule has 0 aliphatic rings. The molecule has 0 N–H and O–H groups in total. The third-order valence-corrected chi connectivity index (χ3v) is 6.85. The second-order valence-corrected chi connectivity index (χ2v) is 9.92. The predicted octanol–water partition coefficient (Wildman–Crippen LogP) is 9.11. The zero-order valence-corrected chi connectivity index (χ0v) is 21.1. The molecule has 0 saturated carbocycles. The van der Waals surface area contributed by atoms with Crippen molar-refractivity contribution in [3.63, 3.8) is 0 Å². The molecule has 178 valence electrons. The van der Waals surface area contributed by atoms with E-state index in [0.29, 0.717) is 13.0 Å². The second-order valence-electron chi connectivity index (χ2n) is 8.81. The Kier molecular flexibility index (Phi) is 20.1. The van der Waals surface area contributed by atoms with E-state index in [2.05, 4.69) is 31.2 Å². The number of hydrogen-bond acceptors (Lipinski definition) is 3. The molecule has 0 spiro atoms. The van der Waals surface area contributed by atoms with Gasteiger partial charge in [-0.15, -0.1) is 0 Å². The summed E-state index contributed by atoms with van der Waals surface area (Å²) < 4.78 is 5.36. The molecule has 0 aromatic heterocycles. The lowest BCUT2D eigenvalue weighted by Crippen LogP contribution is -2.06. The van der Waals surface area contributed by atoms with E-state index in [0.717, 1.165) is 17.9 Å². The fourth-order valence-corrected chi connectivity index (χ4v) is 4.71. The Morgan fingerprint density at radius 3 is 1.71 bits per heavy atom. The van der Waals surface area contributed by atoms with Gasteiger partial charge in [0.25, 0.3) is 0 Å². The van der Waals surface area contributed by atoms with Crippen LogP contribution in [0, 0.1) is 0 Å². The Hall–Kier alpha value is -0.960. The van der Waals surface area contributed by atoms with Crippen molar-refractivity contribution < 1.29 is 9.53 Å². The van der Waals surface area contributed by atoms with Crippen LogP contribution in [-0.4, -0.2) is 18.3 Å². The highest BCUT2D eigenvalue weighted by molar-refractivity contribution is 7.98. The molecule has 0 atom stereocenters. The molecule has 3 heteroatoms. The average Bonchev–Trinajstić information content (AvgIpc) is 2.79. The number of rotatable bonds is 22.